The van der Waals surface area contributed by atoms with Crippen LogP contribution in [0.1, 0.15) is 6.92 Å². The molecule has 118 valence electrons. The van der Waals surface area contributed by atoms with E-state index in [1.165, 1.54) is 25.1 Å². The first kappa shape index (κ1) is 16.5. The molecule has 2 aromatic rings. The third-order valence-corrected chi connectivity index (χ3v) is 3.16. The number of carbonyl (C=O) groups excluding carboxylic acids is 3. The van der Waals surface area contributed by atoms with Gasteiger partial charge in [0.25, 0.3) is 0 Å². The number of benzene rings is 2. The molecule has 2 rings (SSSR count). The number of amides is 3. The summed E-state index contributed by atoms with van der Waals surface area (Å²) in [4.78, 5) is 36.9. The van der Waals surface area contributed by atoms with Crippen LogP contribution >= 0.6 is 11.6 Å². The summed E-state index contributed by atoms with van der Waals surface area (Å²) in [6.07, 6.45) is 0. The third kappa shape index (κ3) is 4.08. The maximum absolute atomic E-state index is 12.3. The summed E-state index contributed by atoms with van der Waals surface area (Å²) in [5, 5.41) is 2.82. The van der Waals surface area contributed by atoms with Crippen LogP contribution < -0.4 is 16.0 Å². The van der Waals surface area contributed by atoms with Gasteiger partial charge in [0, 0.05) is 23.3 Å². The highest BCUT2D eigenvalue weighted by atomic mass is 35.5. The molecule has 0 atom stereocenters. The Kier molecular flexibility index (Phi) is 4.98. The van der Waals surface area contributed by atoms with Gasteiger partial charge >= 0.3 is 11.8 Å². The second kappa shape index (κ2) is 6.93. The second-order valence-electron chi connectivity index (χ2n) is 4.72. The molecule has 0 heterocycles. The molecule has 0 unspecified atom stereocenters. The summed E-state index contributed by atoms with van der Waals surface area (Å²) in [6.45, 7) is 1.19. The number of anilines is 3. The zero-order valence-electron chi connectivity index (χ0n) is 12.2. The Bertz CT molecular complexity index is 777. The summed E-state index contributed by atoms with van der Waals surface area (Å²) in [7, 11) is 0. The molecule has 6 nitrogen and oxygen atoms in total. The van der Waals surface area contributed by atoms with Crippen molar-refractivity contribution in [2.75, 3.05) is 16.0 Å². The predicted molar refractivity (Wildman–Crippen MR) is 89.1 cm³/mol. The van der Waals surface area contributed by atoms with Gasteiger partial charge in [-0.3, -0.25) is 14.4 Å². The van der Waals surface area contributed by atoms with Crippen molar-refractivity contribution in [3.05, 3.63) is 53.6 Å². The van der Waals surface area contributed by atoms with Crippen molar-refractivity contribution in [1.82, 2.24) is 0 Å². The minimum atomic E-state index is -1.01. The second-order valence-corrected chi connectivity index (χ2v) is 5.16. The van der Waals surface area contributed by atoms with Crippen molar-refractivity contribution in [2.45, 2.75) is 6.92 Å². The Morgan fingerprint density at radius 2 is 1.78 bits per heavy atom. The lowest BCUT2D eigenvalue weighted by atomic mass is 10.2. The van der Waals surface area contributed by atoms with Gasteiger partial charge in [-0.2, -0.15) is 0 Å². The maximum atomic E-state index is 12.3. The number of hydrogen-bond acceptors (Lipinski definition) is 4. The van der Waals surface area contributed by atoms with Crippen LogP contribution in [0.4, 0.5) is 17.1 Å². The molecule has 7 heteroatoms. The number of nitrogens with zero attached hydrogens (tertiary/aromatic N) is 1. The van der Waals surface area contributed by atoms with Crippen LogP contribution in [-0.4, -0.2) is 17.7 Å². The number of hydrogen-bond donors (Lipinski definition) is 2. The van der Waals surface area contributed by atoms with Gasteiger partial charge in [-0.1, -0.05) is 23.7 Å². The first-order valence-electron chi connectivity index (χ1n) is 6.65. The normalized spacial score (nSPS) is 10.0. The van der Waals surface area contributed by atoms with Gasteiger partial charge in [0.05, 0.1) is 5.69 Å². The van der Waals surface area contributed by atoms with Crippen molar-refractivity contribution in [3.63, 3.8) is 0 Å². The lowest BCUT2D eigenvalue weighted by Gasteiger charge is -2.19. The predicted octanol–water partition coefficient (Wildman–Crippen LogP) is 2.44. The summed E-state index contributed by atoms with van der Waals surface area (Å²) in [5.74, 6) is -2.56. The van der Waals surface area contributed by atoms with E-state index in [9.17, 15) is 14.4 Å². The van der Waals surface area contributed by atoms with Crippen LogP contribution in [0.25, 0.3) is 0 Å². The van der Waals surface area contributed by atoms with Crippen LogP contribution in [0.5, 0.6) is 0 Å². The molecule has 0 aromatic heterocycles. The zero-order chi connectivity index (χ0) is 17.0. The number of carbonyl (C=O) groups is 3. The lowest BCUT2D eigenvalue weighted by Crippen LogP contribution is -2.42. The first-order valence-corrected chi connectivity index (χ1v) is 7.03. The standard InChI is InChI=1S/C16H14ClN3O3/c1-10(21)20(14-7-3-5-12(18)9-14)16(23)15(22)19-13-6-2-4-11(17)8-13/h2-9H,18H2,1H3,(H,19,22). The van der Waals surface area contributed by atoms with Crippen LogP contribution in [-0.2, 0) is 14.4 Å². The molecule has 0 saturated heterocycles. The van der Waals surface area contributed by atoms with Gasteiger partial charge in [-0.25, -0.2) is 4.90 Å². The summed E-state index contributed by atoms with van der Waals surface area (Å²) in [5.41, 5.74) is 6.60. The Labute approximate surface area is 137 Å². The van der Waals surface area contributed by atoms with E-state index in [1.807, 2.05) is 0 Å². The van der Waals surface area contributed by atoms with E-state index in [1.54, 1.807) is 30.3 Å². The number of nitrogens with two attached hydrogens (primary N) is 1. The van der Waals surface area contributed by atoms with Gasteiger partial charge in [-0.05, 0) is 36.4 Å². The number of imide groups is 1. The molecular formula is C16H14ClN3O3. The molecule has 23 heavy (non-hydrogen) atoms. The van der Waals surface area contributed by atoms with E-state index in [0.29, 0.717) is 16.4 Å². The largest absolute Gasteiger partial charge is 0.399 e. The van der Waals surface area contributed by atoms with Gasteiger partial charge in [-0.15, -0.1) is 0 Å². The monoisotopic (exact) mass is 331 g/mol. The van der Waals surface area contributed by atoms with Crippen molar-refractivity contribution in [3.8, 4) is 0 Å². The average molecular weight is 332 g/mol. The molecule has 0 spiro atoms. The summed E-state index contributed by atoms with van der Waals surface area (Å²) >= 11 is 5.82. The molecule has 0 aliphatic rings. The fraction of sp³-hybridized carbons (Fsp3) is 0.0625. The molecule has 0 saturated carbocycles. The van der Waals surface area contributed by atoms with Crippen molar-refractivity contribution in [2.24, 2.45) is 0 Å². The Balaban J connectivity index is 2.24. The van der Waals surface area contributed by atoms with Crippen LogP contribution in [0.3, 0.4) is 0 Å². The molecule has 2 aromatic carbocycles. The van der Waals surface area contributed by atoms with Gasteiger partial charge in [0.1, 0.15) is 0 Å². The van der Waals surface area contributed by atoms with Crippen LogP contribution in [0.15, 0.2) is 48.5 Å². The molecule has 0 aliphatic carbocycles. The number of nitrogens with one attached hydrogen (secondary N) is 1. The van der Waals surface area contributed by atoms with E-state index in [-0.39, 0.29) is 5.69 Å². The van der Waals surface area contributed by atoms with Gasteiger partial charge in [0.2, 0.25) is 5.91 Å². The molecule has 0 fully saturated rings. The van der Waals surface area contributed by atoms with E-state index in [0.717, 1.165) is 4.90 Å². The molecule has 0 aliphatic heterocycles. The van der Waals surface area contributed by atoms with Crippen molar-refractivity contribution in [1.29, 1.82) is 0 Å². The number of nitrogen functional groups attached to an aromatic ring is 1. The molecular weight excluding hydrogens is 318 g/mol. The first-order chi connectivity index (χ1) is 10.9. The highest BCUT2D eigenvalue weighted by molar-refractivity contribution is 6.48. The van der Waals surface area contributed by atoms with E-state index < -0.39 is 17.7 Å². The Morgan fingerprint density at radius 1 is 1.09 bits per heavy atom. The highest BCUT2D eigenvalue weighted by Gasteiger charge is 2.27. The number of rotatable bonds is 2. The van der Waals surface area contributed by atoms with E-state index >= 15 is 0 Å². The lowest BCUT2D eigenvalue weighted by molar-refractivity contribution is -0.136. The number of halogens is 1. The zero-order valence-corrected chi connectivity index (χ0v) is 13.0. The van der Waals surface area contributed by atoms with Crippen LogP contribution in [0, 0.1) is 0 Å². The Hall–Kier alpha value is -2.86. The fourth-order valence-electron chi connectivity index (χ4n) is 1.96. The third-order valence-electron chi connectivity index (χ3n) is 2.92. The minimum Gasteiger partial charge on any atom is -0.399 e. The molecule has 3 N–H and O–H groups in total. The van der Waals surface area contributed by atoms with E-state index in [2.05, 4.69) is 5.32 Å². The average Bonchev–Trinajstić information content (AvgIpc) is 2.47. The fourth-order valence-corrected chi connectivity index (χ4v) is 2.15. The topological polar surface area (TPSA) is 92.5 Å². The van der Waals surface area contributed by atoms with Gasteiger partial charge < -0.3 is 11.1 Å². The SMILES string of the molecule is CC(=O)N(C(=O)C(=O)Nc1cccc(Cl)c1)c1cccc(N)c1. The Morgan fingerprint density at radius 3 is 2.39 bits per heavy atom. The quantitative estimate of drug-likeness (QED) is 0.653. The van der Waals surface area contributed by atoms with Crippen molar-refractivity contribution < 1.29 is 14.4 Å². The van der Waals surface area contributed by atoms with E-state index in [4.69, 9.17) is 17.3 Å². The van der Waals surface area contributed by atoms with Crippen LogP contribution in [0.2, 0.25) is 5.02 Å². The van der Waals surface area contributed by atoms with Crippen molar-refractivity contribution >= 4 is 46.4 Å². The molecule has 3 amide bonds. The van der Waals surface area contributed by atoms with Gasteiger partial charge in [0.15, 0.2) is 0 Å². The summed E-state index contributed by atoms with van der Waals surface area (Å²) < 4.78 is 0. The molecule has 0 bridgehead atoms. The summed E-state index contributed by atoms with van der Waals surface area (Å²) in [6, 6.07) is 12.5. The minimum absolute atomic E-state index is 0.226. The smallest absolute Gasteiger partial charge is 0.323 e. The highest BCUT2D eigenvalue weighted by Crippen LogP contribution is 2.19. The maximum Gasteiger partial charge on any atom is 0.323 e. The molecule has 0 radical (unpaired) electrons.